The van der Waals surface area contributed by atoms with Gasteiger partial charge in [-0.3, -0.25) is 10.1 Å². The molecular weight excluding hydrogens is 332 g/mol. The molecule has 8 heteroatoms. The van der Waals surface area contributed by atoms with Gasteiger partial charge in [0.25, 0.3) is 5.69 Å². The van der Waals surface area contributed by atoms with Gasteiger partial charge >= 0.3 is 5.97 Å². The Morgan fingerprint density at radius 2 is 2.04 bits per heavy atom. The molecule has 130 valence electrons. The van der Waals surface area contributed by atoms with E-state index in [1.165, 1.54) is 6.07 Å². The molecule has 1 aromatic rings. The van der Waals surface area contributed by atoms with Crippen LogP contribution in [0.1, 0.15) is 13.8 Å². The van der Waals surface area contributed by atoms with Gasteiger partial charge in [0, 0.05) is 24.9 Å². The molecule has 0 saturated carbocycles. The van der Waals surface area contributed by atoms with Crippen LogP contribution < -0.4 is 0 Å². The monoisotopic (exact) mass is 352 g/mol. The smallest absolute Gasteiger partial charge is 0.346 e. The maximum atomic E-state index is 12.4. The van der Waals surface area contributed by atoms with E-state index in [1.807, 2.05) is 11.8 Å². The van der Waals surface area contributed by atoms with Crippen molar-refractivity contribution in [2.24, 2.45) is 0 Å². The van der Waals surface area contributed by atoms with Crippen molar-refractivity contribution in [1.29, 1.82) is 0 Å². The van der Waals surface area contributed by atoms with Gasteiger partial charge in [0.05, 0.1) is 29.6 Å². The summed E-state index contributed by atoms with van der Waals surface area (Å²) in [4.78, 5) is 26.0. The number of esters is 1. The highest BCUT2D eigenvalue weighted by Crippen LogP contribution is 2.36. The Hall–Kier alpha value is -2.06. The number of thioether (sulfide) groups is 1. The lowest BCUT2D eigenvalue weighted by Crippen LogP contribution is -2.35. The van der Waals surface area contributed by atoms with Crippen molar-refractivity contribution in [3.05, 3.63) is 45.0 Å². The molecule has 1 aromatic carbocycles. The number of nitro benzene ring substituents is 1. The van der Waals surface area contributed by atoms with Crippen LogP contribution >= 0.6 is 11.8 Å². The second-order valence-electron chi connectivity index (χ2n) is 5.06. The Morgan fingerprint density at radius 1 is 1.38 bits per heavy atom. The predicted molar refractivity (Wildman–Crippen MR) is 90.7 cm³/mol. The van der Waals surface area contributed by atoms with E-state index in [9.17, 15) is 14.9 Å². The number of hydrogen-bond donors (Lipinski definition) is 0. The van der Waals surface area contributed by atoms with Gasteiger partial charge in [0.1, 0.15) is 4.91 Å². The van der Waals surface area contributed by atoms with Crippen molar-refractivity contribution in [2.45, 2.75) is 18.7 Å². The molecule has 1 fully saturated rings. The third kappa shape index (κ3) is 4.48. The summed E-state index contributed by atoms with van der Waals surface area (Å²) in [5, 5.41) is 11.2. The standard InChI is InChI=1S/C16H20N2O5S/c1-3-23-16(19)15(12(2)17-8-10-22-11-9-17)24-14-7-5-4-6-13(14)18(20)21/h4-7H,3,8-11H2,1-2H3/b15-12+. The number of nitro groups is 1. The van der Waals surface area contributed by atoms with Gasteiger partial charge in [-0.05, 0) is 19.9 Å². The van der Waals surface area contributed by atoms with Crippen LogP contribution in [0.2, 0.25) is 0 Å². The zero-order chi connectivity index (χ0) is 17.5. The number of carbonyl (C=O) groups is 1. The number of ether oxygens (including phenoxy) is 2. The Labute approximate surface area is 144 Å². The maximum Gasteiger partial charge on any atom is 0.346 e. The van der Waals surface area contributed by atoms with E-state index in [2.05, 4.69) is 0 Å². The van der Waals surface area contributed by atoms with Crippen LogP contribution in [0.15, 0.2) is 39.8 Å². The third-order valence-electron chi connectivity index (χ3n) is 3.55. The number of nitrogens with zero attached hydrogens (tertiary/aromatic N) is 2. The van der Waals surface area contributed by atoms with Crippen LogP contribution in [-0.4, -0.2) is 48.7 Å². The van der Waals surface area contributed by atoms with E-state index in [0.29, 0.717) is 36.1 Å². The van der Waals surface area contributed by atoms with E-state index in [0.717, 1.165) is 17.5 Å². The number of morpholine rings is 1. The highest BCUT2D eigenvalue weighted by molar-refractivity contribution is 8.04. The second-order valence-corrected chi connectivity index (χ2v) is 6.11. The predicted octanol–water partition coefficient (Wildman–Crippen LogP) is 2.81. The molecule has 0 spiro atoms. The zero-order valence-corrected chi connectivity index (χ0v) is 14.5. The Bertz CT molecular complexity index is 641. The van der Waals surface area contributed by atoms with Crippen molar-refractivity contribution in [3.63, 3.8) is 0 Å². The Morgan fingerprint density at radius 3 is 2.67 bits per heavy atom. The summed E-state index contributed by atoms with van der Waals surface area (Å²) < 4.78 is 10.5. The summed E-state index contributed by atoms with van der Waals surface area (Å²) in [5.41, 5.74) is 0.721. The van der Waals surface area contributed by atoms with Crippen molar-refractivity contribution < 1.29 is 19.2 Å². The Balaban J connectivity index is 2.36. The molecule has 0 aromatic heterocycles. The minimum atomic E-state index is -0.468. The molecule has 0 amide bonds. The van der Waals surface area contributed by atoms with Crippen LogP contribution in [-0.2, 0) is 14.3 Å². The minimum Gasteiger partial charge on any atom is -0.462 e. The van der Waals surface area contributed by atoms with E-state index in [1.54, 1.807) is 25.1 Å². The lowest BCUT2D eigenvalue weighted by Gasteiger charge is -2.30. The van der Waals surface area contributed by atoms with Crippen molar-refractivity contribution in [2.75, 3.05) is 32.9 Å². The molecule has 24 heavy (non-hydrogen) atoms. The lowest BCUT2D eigenvalue weighted by atomic mass is 10.3. The summed E-state index contributed by atoms with van der Waals surface area (Å²) in [6, 6.07) is 6.37. The summed E-state index contributed by atoms with van der Waals surface area (Å²) in [7, 11) is 0. The molecule has 1 saturated heterocycles. The van der Waals surface area contributed by atoms with E-state index in [4.69, 9.17) is 9.47 Å². The van der Waals surface area contributed by atoms with E-state index < -0.39 is 10.9 Å². The van der Waals surface area contributed by atoms with E-state index in [-0.39, 0.29) is 12.3 Å². The SMILES string of the molecule is CCOC(=O)/C(Sc1ccccc1[N+](=O)[O-])=C(/C)N1CCOCC1. The lowest BCUT2D eigenvalue weighted by molar-refractivity contribution is -0.387. The summed E-state index contributed by atoms with van der Waals surface area (Å²) >= 11 is 1.07. The van der Waals surface area contributed by atoms with Crippen molar-refractivity contribution in [3.8, 4) is 0 Å². The fraction of sp³-hybridized carbons (Fsp3) is 0.438. The highest BCUT2D eigenvalue weighted by atomic mass is 32.2. The number of hydrogen-bond acceptors (Lipinski definition) is 7. The van der Waals surface area contributed by atoms with Crippen LogP contribution in [0.5, 0.6) is 0 Å². The summed E-state index contributed by atoms with van der Waals surface area (Å²) in [6.45, 7) is 6.33. The molecule has 1 aliphatic rings. The Kier molecular flexibility index (Phi) is 6.62. The zero-order valence-electron chi connectivity index (χ0n) is 13.7. The molecule has 0 radical (unpaired) electrons. The van der Waals surface area contributed by atoms with Gasteiger partial charge in [0.15, 0.2) is 0 Å². The van der Waals surface area contributed by atoms with Gasteiger partial charge in [-0.15, -0.1) is 0 Å². The molecule has 1 aliphatic heterocycles. The largest absolute Gasteiger partial charge is 0.462 e. The van der Waals surface area contributed by atoms with Gasteiger partial charge in [-0.2, -0.15) is 0 Å². The number of allylic oxidation sites excluding steroid dienone is 1. The molecule has 0 unspecified atom stereocenters. The third-order valence-corrected chi connectivity index (χ3v) is 4.78. The average molecular weight is 352 g/mol. The maximum absolute atomic E-state index is 12.4. The quantitative estimate of drug-likeness (QED) is 0.256. The van der Waals surface area contributed by atoms with Crippen LogP contribution in [0.3, 0.4) is 0 Å². The molecule has 1 heterocycles. The topological polar surface area (TPSA) is 81.9 Å². The van der Waals surface area contributed by atoms with Crippen LogP contribution in [0.25, 0.3) is 0 Å². The molecular formula is C16H20N2O5S. The average Bonchev–Trinajstić information content (AvgIpc) is 2.60. The van der Waals surface area contributed by atoms with Crippen molar-refractivity contribution >= 4 is 23.4 Å². The first-order chi connectivity index (χ1) is 11.5. The van der Waals surface area contributed by atoms with Gasteiger partial charge in [-0.1, -0.05) is 23.9 Å². The number of benzene rings is 1. The number of carbonyl (C=O) groups excluding carboxylic acids is 1. The molecule has 7 nitrogen and oxygen atoms in total. The first kappa shape index (κ1) is 18.3. The molecule has 0 atom stereocenters. The first-order valence-corrected chi connectivity index (χ1v) is 8.48. The molecule has 0 N–H and O–H groups in total. The first-order valence-electron chi connectivity index (χ1n) is 7.66. The fourth-order valence-corrected chi connectivity index (χ4v) is 3.34. The van der Waals surface area contributed by atoms with Gasteiger partial charge in [0.2, 0.25) is 0 Å². The van der Waals surface area contributed by atoms with Crippen molar-refractivity contribution in [1.82, 2.24) is 4.90 Å². The normalized spacial score (nSPS) is 15.7. The second kappa shape index (κ2) is 8.70. The number of para-hydroxylation sites is 1. The highest BCUT2D eigenvalue weighted by Gasteiger charge is 2.24. The molecule has 2 rings (SSSR count). The molecule has 0 aliphatic carbocycles. The van der Waals surface area contributed by atoms with Crippen LogP contribution in [0, 0.1) is 10.1 Å². The van der Waals surface area contributed by atoms with E-state index >= 15 is 0 Å². The van der Waals surface area contributed by atoms with Crippen LogP contribution in [0.4, 0.5) is 5.69 Å². The van der Waals surface area contributed by atoms with Gasteiger partial charge in [-0.25, -0.2) is 4.79 Å². The molecule has 0 bridgehead atoms. The van der Waals surface area contributed by atoms with Gasteiger partial charge < -0.3 is 14.4 Å². The summed E-state index contributed by atoms with van der Waals surface area (Å²) in [6.07, 6.45) is 0. The fourth-order valence-electron chi connectivity index (χ4n) is 2.31. The minimum absolute atomic E-state index is 0.0286. The number of rotatable bonds is 6. The summed E-state index contributed by atoms with van der Waals surface area (Å²) in [5.74, 6) is -0.468.